The van der Waals surface area contributed by atoms with Crippen molar-refractivity contribution in [3.05, 3.63) is 224 Å². The molecule has 2 aliphatic heterocycles. The molecular weight excluding hydrogens is 1310 g/mol. The van der Waals surface area contributed by atoms with E-state index in [0.717, 1.165) is 173 Å². The van der Waals surface area contributed by atoms with Gasteiger partial charge in [-0.1, -0.05) is 242 Å². The molecule has 106 heavy (non-hydrogen) atoms. The molecule has 6 aliphatic rings. The quantitative estimate of drug-likeness (QED) is 0.0474. The summed E-state index contributed by atoms with van der Waals surface area (Å²) in [6.07, 6.45) is 21.4. The Labute approximate surface area is 624 Å². The zero-order valence-corrected chi connectivity index (χ0v) is 62.9. The molecule has 2 heterocycles. The third-order valence-corrected chi connectivity index (χ3v) is 24.8. The van der Waals surface area contributed by atoms with Gasteiger partial charge in [0.2, 0.25) is 0 Å². The summed E-state index contributed by atoms with van der Waals surface area (Å²) in [6.45, 7) is 16.9. The number of carbonyl (C=O) groups is 4. The second-order valence-electron chi connectivity index (χ2n) is 32.7. The van der Waals surface area contributed by atoms with Crippen molar-refractivity contribution in [1.29, 1.82) is 0 Å². The van der Waals surface area contributed by atoms with E-state index in [-0.39, 0.29) is 69.6 Å². The third kappa shape index (κ3) is 11.9. The van der Waals surface area contributed by atoms with Crippen LogP contribution >= 0.6 is 0 Å². The summed E-state index contributed by atoms with van der Waals surface area (Å²) in [4.78, 5) is 70.9. The molecule has 11 aromatic carbocycles. The Morgan fingerprint density at radius 1 is 0.255 bits per heavy atom. The maximum atomic E-state index is 17.0. The zero-order valence-electron chi connectivity index (χ0n) is 62.9. The van der Waals surface area contributed by atoms with E-state index in [2.05, 4.69) is 128 Å². The van der Waals surface area contributed by atoms with Crippen molar-refractivity contribution < 1.29 is 38.1 Å². The van der Waals surface area contributed by atoms with E-state index < -0.39 is 23.6 Å². The highest BCUT2D eigenvalue weighted by Crippen LogP contribution is 2.60. The van der Waals surface area contributed by atoms with Gasteiger partial charge in [-0.2, -0.15) is 0 Å². The number of fused-ring (bicyclic) bond motifs is 2. The number of imide groups is 2. The lowest BCUT2D eigenvalue weighted by Crippen LogP contribution is -2.42. The molecular formula is C96H98N2O8. The lowest BCUT2D eigenvalue weighted by molar-refractivity contribution is 0.0877. The van der Waals surface area contributed by atoms with Crippen LogP contribution in [0, 0.1) is 0 Å². The van der Waals surface area contributed by atoms with Crippen LogP contribution < -0.4 is 28.7 Å². The number of hydrogen-bond donors (Lipinski definition) is 0. The average Bonchev–Trinajstić information content (AvgIpc) is 0.669. The van der Waals surface area contributed by atoms with E-state index in [1.54, 1.807) is 0 Å². The Hall–Kier alpha value is -9.80. The molecule has 0 bridgehead atoms. The molecule has 11 aromatic rings. The monoisotopic (exact) mass is 1410 g/mol. The number of nitrogens with zero attached hydrogens (tertiary/aromatic N) is 2. The van der Waals surface area contributed by atoms with E-state index >= 15 is 19.2 Å². The first-order valence-corrected chi connectivity index (χ1v) is 40.1. The van der Waals surface area contributed by atoms with Gasteiger partial charge in [-0.25, -0.2) is 9.80 Å². The standard InChI is InChI=1S/C96H98N2O8/c1-55(2)63-43-29-44-64(56(3)4)91(63)97-93(99)71-51-79(103-75-47-25-21-39-67(75)59-31-13-9-14-32-59)85-87-81(105-77-49-27-23-41-69(77)61-35-17-11-18-36-61)53-73-84-74(96(102)98(95(73)101)92-65(57(5)6)45-30-46-66(92)58(7)8)54-82(106-78-50-28-24-42-70(78)62-37-19-12-20-38-62)88(90(84)87)86-80(52-72(94(97)100)83(71)89(85)86)104-76-48-26-22-40-68(76)60-33-15-10-16-34-60/h21-30,39-62H,9-20,31-38H2,1-8H3. The van der Waals surface area contributed by atoms with Crippen LogP contribution in [-0.4, -0.2) is 23.6 Å². The topological polar surface area (TPSA) is 112 Å². The summed E-state index contributed by atoms with van der Waals surface area (Å²) in [5.41, 5.74) is 10.2. The van der Waals surface area contributed by atoms with Crippen molar-refractivity contribution >= 4 is 78.1 Å². The fourth-order valence-corrected chi connectivity index (χ4v) is 19.5. The van der Waals surface area contributed by atoms with Gasteiger partial charge in [0.05, 0.1) is 33.6 Å². The first-order valence-electron chi connectivity index (χ1n) is 40.1. The molecule has 0 N–H and O–H groups in total. The number of rotatable bonds is 18. The van der Waals surface area contributed by atoms with Gasteiger partial charge in [0.1, 0.15) is 46.0 Å². The van der Waals surface area contributed by atoms with Gasteiger partial charge in [0.15, 0.2) is 0 Å². The lowest BCUT2D eigenvalue weighted by atomic mass is 9.80. The molecule has 10 heteroatoms. The molecule has 4 aliphatic carbocycles. The van der Waals surface area contributed by atoms with E-state index in [1.807, 2.05) is 84.9 Å². The van der Waals surface area contributed by atoms with Gasteiger partial charge in [-0.05, 0) is 192 Å². The van der Waals surface area contributed by atoms with Crippen molar-refractivity contribution in [2.24, 2.45) is 0 Å². The predicted molar refractivity (Wildman–Crippen MR) is 429 cm³/mol. The molecule has 17 rings (SSSR count). The largest absolute Gasteiger partial charge is 0.456 e. The molecule has 10 nitrogen and oxygen atoms in total. The normalized spacial score (nSPS) is 17.3. The second-order valence-corrected chi connectivity index (χ2v) is 32.7. The Morgan fingerprint density at radius 2 is 0.472 bits per heavy atom. The SMILES string of the molecule is CC(C)c1cccc(C(C)C)c1N1C(=O)c2cc(Oc3ccccc3C3CCCCC3)c3c4c(Oc5ccccc5C5CCCCC5)cc5c6c(cc(Oc7ccccc7C7CCCCC7)c(c7c(Oc8ccccc8C8CCCCC8)cc(c2c37)C1=O)c64)C(=O)N(c1c(C(C)C)cccc1C(C)C)C5=O. The predicted octanol–water partition coefficient (Wildman–Crippen LogP) is 27.2. The fraction of sp³-hybridized carbons (Fsp3) is 0.375. The molecule has 4 fully saturated rings. The highest BCUT2D eigenvalue weighted by molar-refractivity contribution is 6.48. The van der Waals surface area contributed by atoms with Crippen LogP contribution in [0.5, 0.6) is 46.0 Å². The number of amides is 4. The summed E-state index contributed by atoms with van der Waals surface area (Å²) >= 11 is 0. The Morgan fingerprint density at radius 3 is 0.689 bits per heavy atom. The zero-order chi connectivity index (χ0) is 72.8. The summed E-state index contributed by atoms with van der Waals surface area (Å²) in [5, 5.41) is 4.15. The van der Waals surface area contributed by atoms with Gasteiger partial charge in [-0.15, -0.1) is 0 Å². The third-order valence-electron chi connectivity index (χ3n) is 24.8. The van der Waals surface area contributed by atoms with Gasteiger partial charge in [0, 0.05) is 43.1 Å². The Kier molecular flexibility index (Phi) is 18.6. The highest BCUT2D eigenvalue weighted by Gasteiger charge is 2.45. The van der Waals surface area contributed by atoms with Crippen LogP contribution in [0.4, 0.5) is 11.4 Å². The minimum atomic E-state index is -0.475. The van der Waals surface area contributed by atoms with Gasteiger partial charge >= 0.3 is 0 Å². The van der Waals surface area contributed by atoms with E-state index in [0.29, 0.717) is 100 Å². The molecule has 4 amide bonds. The van der Waals surface area contributed by atoms with E-state index in [4.69, 9.17) is 18.9 Å². The molecule has 0 radical (unpaired) electrons. The van der Waals surface area contributed by atoms with Crippen LogP contribution in [0.25, 0.3) is 43.1 Å². The Bertz CT molecular complexity index is 4670. The van der Waals surface area contributed by atoms with E-state index in [9.17, 15) is 0 Å². The number of ether oxygens (including phenoxy) is 4. The van der Waals surface area contributed by atoms with E-state index in [1.165, 1.54) is 9.80 Å². The van der Waals surface area contributed by atoms with Crippen LogP contribution in [-0.2, 0) is 0 Å². The molecule has 0 saturated heterocycles. The minimum Gasteiger partial charge on any atom is -0.456 e. The summed E-state index contributed by atoms with van der Waals surface area (Å²) < 4.78 is 31.7. The maximum absolute atomic E-state index is 17.0. The van der Waals surface area contributed by atoms with Gasteiger partial charge in [0.25, 0.3) is 23.6 Å². The first kappa shape index (κ1) is 69.3. The van der Waals surface area contributed by atoms with Crippen molar-refractivity contribution in [3.8, 4) is 46.0 Å². The molecule has 0 atom stereocenters. The first-order chi connectivity index (χ1) is 51.6. The molecule has 0 unspecified atom stereocenters. The Balaban J connectivity index is 1.08. The minimum absolute atomic E-state index is 0.0635. The molecule has 540 valence electrons. The lowest BCUT2D eigenvalue weighted by Gasteiger charge is -2.35. The van der Waals surface area contributed by atoms with Crippen LogP contribution in [0.1, 0.15) is 317 Å². The molecule has 0 spiro atoms. The molecule has 0 aromatic heterocycles. The van der Waals surface area contributed by atoms with Crippen LogP contribution in [0.15, 0.2) is 158 Å². The summed E-state index contributed by atoms with van der Waals surface area (Å²) in [5.74, 6) is 2.71. The van der Waals surface area contributed by atoms with Gasteiger partial charge in [-0.3, -0.25) is 19.2 Å². The van der Waals surface area contributed by atoms with Crippen molar-refractivity contribution in [1.82, 2.24) is 0 Å². The smallest absolute Gasteiger partial charge is 0.266 e. The molecule has 4 saturated carbocycles. The number of anilines is 2. The van der Waals surface area contributed by atoms with Crippen molar-refractivity contribution in [2.75, 3.05) is 9.80 Å². The highest BCUT2D eigenvalue weighted by atomic mass is 16.5. The average molecular weight is 1410 g/mol. The van der Waals surface area contributed by atoms with Crippen LogP contribution in [0.3, 0.4) is 0 Å². The van der Waals surface area contributed by atoms with Crippen molar-refractivity contribution in [3.63, 3.8) is 0 Å². The second kappa shape index (κ2) is 28.5. The maximum Gasteiger partial charge on any atom is 0.266 e. The van der Waals surface area contributed by atoms with Gasteiger partial charge < -0.3 is 18.9 Å². The number of benzene rings is 11. The summed E-state index contributed by atoms with van der Waals surface area (Å²) in [6, 6.07) is 53.3. The van der Waals surface area contributed by atoms with Crippen LogP contribution in [0.2, 0.25) is 0 Å². The fourth-order valence-electron chi connectivity index (χ4n) is 19.5. The number of hydrogen-bond acceptors (Lipinski definition) is 8. The van der Waals surface area contributed by atoms with Crippen molar-refractivity contribution in [2.45, 2.75) is 231 Å². The summed E-state index contributed by atoms with van der Waals surface area (Å²) in [7, 11) is 0. The number of para-hydroxylation sites is 6. The number of carbonyl (C=O) groups excluding carboxylic acids is 4.